The van der Waals surface area contributed by atoms with Gasteiger partial charge in [0, 0.05) is 30.2 Å². The minimum atomic E-state index is -0.305. The maximum absolute atomic E-state index is 11.8. The molecule has 0 bridgehead atoms. The fourth-order valence-corrected chi connectivity index (χ4v) is 1.84. The molecule has 0 saturated heterocycles. The second kappa shape index (κ2) is 8.43. The second-order valence-corrected chi connectivity index (χ2v) is 4.97. The average molecular weight is 310 g/mol. The highest BCUT2D eigenvalue weighted by molar-refractivity contribution is 6.01. The zero-order chi connectivity index (χ0) is 16.5. The van der Waals surface area contributed by atoms with Gasteiger partial charge in [-0.15, -0.1) is 0 Å². The lowest BCUT2D eigenvalue weighted by atomic mass is 10.2. The third-order valence-corrected chi connectivity index (χ3v) is 3.01. The number of benzene rings is 1. The number of carbonyl (C=O) groups excluding carboxylic acids is 2. The van der Waals surface area contributed by atoms with Gasteiger partial charge in [0.05, 0.1) is 6.42 Å². The topological polar surface area (TPSA) is 83.4 Å². The molecular formula is C17H18N4O2. The molecule has 0 unspecified atom stereocenters. The number of rotatable bonds is 6. The van der Waals surface area contributed by atoms with Crippen LogP contribution in [0.25, 0.3) is 0 Å². The molecule has 2 amide bonds. The van der Waals surface area contributed by atoms with Crippen LogP contribution in [0.3, 0.4) is 0 Å². The van der Waals surface area contributed by atoms with E-state index in [0.717, 1.165) is 5.56 Å². The van der Waals surface area contributed by atoms with Gasteiger partial charge in [-0.05, 0) is 30.7 Å². The third-order valence-electron chi connectivity index (χ3n) is 3.01. The van der Waals surface area contributed by atoms with E-state index in [0.29, 0.717) is 17.8 Å². The number of hydrogen-bond donors (Lipinski definition) is 2. The van der Waals surface area contributed by atoms with Crippen LogP contribution in [0.5, 0.6) is 0 Å². The normalized spacial score (nSPS) is 10.9. The summed E-state index contributed by atoms with van der Waals surface area (Å²) in [5.41, 5.74) is 4.41. The molecule has 2 N–H and O–H groups in total. The summed E-state index contributed by atoms with van der Waals surface area (Å²) in [4.78, 5) is 27.6. The van der Waals surface area contributed by atoms with E-state index < -0.39 is 0 Å². The van der Waals surface area contributed by atoms with Crippen LogP contribution < -0.4 is 10.7 Å². The minimum absolute atomic E-state index is 0.120. The molecule has 0 radical (unpaired) electrons. The first kappa shape index (κ1) is 16.4. The largest absolute Gasteiger partial charge is 0.352 e. The van der Waals surface area contributed by atoms with E-state index in [-0.39, 0.29) is 18.2 Å². The van der Waals surface area contributed by atoms with Gasteiger partial charge in [-0.3, -0.25) is 14.6 Å². The number of amides is 2. The van der Waals surface area contributed by atoms with Crippen LogP contribution in [0.1, 0.15) is 29.3 Å². The molecule has 1 aromatic heterocycles. The predicted molar refractivity (Wildman–Crippen MR) is 87.7 cm³/mol. The van der Waals surface area contributed by atoms with Crippen molar-refractivity contribution in [2.75, 3.05) is 0 Å². The molecule has 0 fully saturated rings. The second-order valence-electron chi connectivity index (χ2n) is 4.97. The lowest BCUT2D eigenvalue weighted by Gasteiger charge is -2.05. The standard InChI is InChI=1S/C17H18N4O2/c1-13(20-21-17(23)15-7-3-2-4-8-15)10-16(22)19-12-14-6-5-9-18-11-14/h2-9,11H,10,12H2,1H3,(H,19,22)(H,21,23). The fourth-order valence-electron chi connectivity index (χ4n) is 1.84. The molecule has 0 aliphatic rings. The summed E-state index contributed by atoms with van der Waals surface area (Å²) < 4.78 is 0. The van der Waals surface area contributed by atoms with Gasteiger partial charge in [-0.25, -0.2) is 5.43 Å². The molecule has 6 heteroatoms. The van der Waals surface area contributed by atoms with E-state index in [1.807, 2.05) is 18.2 Å². The number of aromatic nitrogens is 1. The highest BCUT2D eigenvalue weighted by Gasteiger charge is 2.06. The molecule has 0 aliphatic heterocycles. The number of hydrogen-bond acceptors (Lipinski definition) is 4. The number of nitrogens with one attached hydrogen (secondary N) is 2. The molecule has 0 saturated carbocycles. The predicted octanol–water partition coefficient (Wildman–Crippen LogP) is 1.89. The molecule has 0 atom stereocenters. The molecule has 1 heterocycles. The van der Waals surface area contributed by atoms with Gasteiger partial charge < -0.3 is 5.32 Å². The Kier molecular flexibility index (Phi) is 5.99. The van der Waals surface area contributed by atoms with E-state index in [1.54, 1.807) is 43.6 Å². The zero-order valence-corrected chi connectivity index (χ0v) is 12.8. The maximum atomic E-state index is 11.8. The highest BCUT2D eigenvalue weighted by atomic mass is 16.2. The van der Waals surface area contributed by atoms with E-state index in [9.17, 15) is 9.59 Å². The van der Waals surface area contributed by atoms with Gasteiger partial charge in [-0.2, -0.15) is 5.10 Å². The summed E-state index contributed by atoms with van der Waals surface area (Å²) in [6, 6.07) is 12.5. The molecule has 118 valence electrons. The molecule has 2 rings (SSSR count). The van der Waals surface area contributed by atoms with Crippen LogP contribution >= 0.6 is 0 Å². The first-order valence-electron chi connectivity index (χ1n) is 7.19. The molecule has 23 heavy (non-hydrogen) atoms. The van der Waals surface area contributed by atoms with Crippen LogP contribution in [0.2, 0.25) is 0 Å². The van der Waals surface area contributed by atoms with Crippen molar-refractivity contribution in [3.05, 3.63) is 66.0 Å². The van der Waals surface area contributed by atoms with Gasteiger partial charge in [0.15, 0.2) is 0 Å². The first-order valence-corrected chi connectivity index (χ1v) is 7.19. The van der Waals surface area contributed by atoms with Crippen LogP contribution in [0.4, 0.5) is 0 Å². The zero-order valence-electron chi connectivity index (χ0n) is 12.8. The van der Waals surface area contributed by atoms with Crippen molar-refractivity contribution in [3.8, 4) is 0 Å². The van der Waals surface area contributed by atoms with E-state index in [4.69, 9.17) is 0 Å². The Hall–Kier alpha value is -3.02. The summed E-state index contributed by atoms with van der Waals surface area (Å²) in [5.74, 6) is -0.468. The summed E-state index contributed by atoms with van der Waals surface area (Å²) in [5, 5.41) is 6.72. The Bertz CT molecular complexity index is 684. The summed E-state index contributed by atoms with van der Waals surface area (Å²) in [6.07, 6.45) is 3.49. The quantitative estimate of drug-likeness (QED) is 0.631. The van der Waals surface area contributed by atoms with E-state index >= 15 is 0 Å². The van der Waals surface area contributed by atoms with Crippen LogP contribution in [0, 0.1) is 0 Å². The highest BCUT2D eigenvalue weighted by Crippen LogP contribution is 1.98. The fraction of sp³-hybridized carbons (Fsp3) is 0.176. The van der Waals surface area contributed by atoms with Crippen molar-refractivity contribution in [2.24, 2.45) is 5.10 Å². The number of hydrazone groups is 1. The van der Waals surface area contributed by atoms with Crippen LogP contribution in [-0.2, 0) is 11.3 Å². The van der Waals surface area contributed by atoms with Crippen molar-refractivity contribution in [3.63, 3.8) is 0 Å². The van der Waals surface area contributed by atoms with Crippen molar-refractivity contribution in [2.45, 2.75) is 19.9 Å². The third kappa shape index (κ3) is 5.70. The van der Waals surface area contributed by atoms with Crippen molar-refractivity contribution in [1.29, 1.82) is 0 Å². The maximum Gasteiger partial charge on any atom is 0.271 e. The van der Waals surface area contributed by atoms with Gasteiger partial charge in [0.2, 0.25) is 5.91 Å². The SMILES string of the molecule is CC(CC(=O)NCc1cccnc1)=NNC(=O)c1ccccc1. The smallest absolute Gasteiger partial charge is 0.271 e. The first-order chi connectivity index (χ1) is 11.1. The summed E-state index contributed by atoms with van der Waals surface area (Å²) in [6.45, 7) is 2.10. The molecule has 1 aromatic carbocycles. The van der Waals surface area contributed by atoms with Gasteiger partial charge in [-0.1, -0.05) is 24.3 Å². The number of nitrogens with zero attached hydrogens (tertiary/aromatic N) is 2. The van der Waals surface area contributed by atoms with Crippen LogP contribution in [-0.4, -0.2) is 22.5 Å². The lowest BCUT2D eigenvalue weighted by molar-refractivity contribution is -0.120. The summed E-state index contributed by atoms with van der Waals surface area (Å²) >= 11 is 0. The average Bonchev–Trinajstić information content (AvgIpc) is 2.59. The van der Waals surface area contributed by atoms with Crippen LogP contribution in [0.15, 0.2) is 60.0 Å². The Balaban J connectivity index is 1.78. The number of carbonyl (C=O) groups is 2. The van der Waals surface area contributed by atoms with Crippen molar-refractivity contribution >= 4 is 17.5 Å². The van der Waals surface area contributed by atoms with Gasteiger partial charge in [0.25, 0.3) is 5.91 Å². The minimum Gasteiger partial charge on any atom is -0.352 e. The van der Waals surface area contributed by atoms with Crippen molar-refractivity contribution < 1.29 is 9.59 Å². The molecule has 2 aromatic rings. The lowest BCUT2D eigenvalue weighted by Crippen LogP contribution is -2.26. The molecule has 0 spiro atoms. The molecule has 0 aliphatic carbocycles. The molecular weight excluding hydrogens is 292 g/mol. The van der Waals surface area contributed by atoms with E-state index in [2.05, 4.69) is 20.8 Å². The summed E-state index contributed by atoms with van der Waals surface area (Å²) in [7, 11) is 0. The Morgan fingerprint density at radius 3 is 2.61 bits per heavy atom. The van der Waals surface area contributed by atoms with Gasteiger partial charge in [0.1, 0.15) is 0 Å². The molecule has 6 nitrogen and oxygen atoms in total. The Labute approximate surface area is 134 Å². The van der Waals surface area contributed by atoms with Gasteiger partial charge >= 0.3 is 0 Å². The number of pyridine rings is 1. The van der Waals surface area contributed by atoms with E-state index in [1.165, 1.54) is 0 Å². The Morgan fingerprint density at radius 1 is 1.13 bits per heavy atom. The monoisotopic (exact) mass is 310 g/mol. The van der Waals surface area contributed by atoms with Crippen molar-refractivity contribution in [1.82, 2.24) is 15.7 Å². The Morgan fingerprint density at radius 2 is 1.91 bits per heavy atom.